The minimum Gasteiger partial charge on any atom is -0.354 e. The fraction of sp³-hybridized carbons (Fsp3) is 0.133. The molecule has 0 bridgehead atoms. The second kappa shape index (κ2) is 5.78. The van der Waals surface area contributed by atoms with Crippen LogP contribution in [0.4, 0.5) is 24.5 Å². The quantitative estimate of drug-likeness (QED) is 0.784. The molecule has 0 aliphatic heterocycles. The summed E-state index contributed by atoms with van der Waals surface area (Å²) >= 11 is 3.29. The van der Waals surface area contributed by atoms with Crippen LogP contribution in [0.1, 0.15) is 16.7 Å². The molecule has 0 aliphatic carbocycles. The van der Waals surface area contributed by atoms with Crippen molar-refractivity contribution in [3.8, 4) is 6.07 Å². The maximum atomic E-state index is 12.7. The molecule has 0 aromatic heterocycles. The number of halogens is 4. The number of nitrogens with zero attached hydrogens (tertiary/aromatic N) is 1. The van der Waals surface area contributed by atoms with Crippen molar-refractivity contribution in [2.24, 2.45) is 0 Å². The van der Waals surface area contributed by atoms with Crippen LogP contribution in [-0.4, -0.2) is 0 Å². The molecular formula is C15H10BrF3N2. The summed E-state index contributed by atoms with van der Waals surface area (Å²) in [6.45, 7) is 1.72. The third-order valence-corrected chi connectivity index (χ3v) is 3.59. The van der Waals surface area contributed by atoms with Gasteiger partial charge in [0.2, 0.25) is 0 Å². The normalized spacial score (nSPS) is 11.0. The summed E-state index contributed by atoms with van der Waals surface area (Å²) < 4.78 is 38.8. The highest BCUT2D eigenvalue weighted by atomic mass is 79.9. The molecule has 0 heterocycles. The highest BCUT2D eigenvalue weighted by Crippen LogP contribution is 2.34. The predicted octanol–water partition coefficient (Wildman–Crippen LogP) is 5.39. The number of aryl methyl sites for hydroxylation is 1. The van der Waals surface area contributed by atoms with Crippen LogP contribution >= 0.6 is 15.9 Å². The van der Waals surface area contributed by atoms with Gasteiger partial charge < -0.3 is 5.32 Å². The molecule has 0 atom stereocenters. The monoisotopic (exact) mass is 354 g/mol. The van der Waals surface area contributed by atoms with E-state index in [1.807, 2.05) is 6.07 Å². The Labute approximate surface area is 128 Å². The molecule has 2 aromatic carbocycles. The van der Waals surface area contributed by atoms with Crippen LogP contribution in [0.15, 0.2) is 40.9 Å². The number of hydrogen-bond donors (Lipinski definition) is 1. The fourth-order valence-corrected chi connectivity index (χ4v) is 2.24. The van der Waals surface area contributed by atoms with Gasteiger partial charge in [0.15, 0.2) is 0 Å². The zero-order chi connectivity index (χ0) is 15.6. The minimum absolute atomic E-state index is 0.371. The molecule has 0 amide bonds. The first-order chi connectivity index (χ1) is 9.81. The van der Waals surface area contributed by atoms with Crippen molar-refractivity contribution in [1.82, 2.24) is 0 Å². The Morgan fingerprint density at radius 2 is 1.81 bits per heavy atom. The first kappa shape index (κ1) is 15.4. The fourth-order valence-electron chi connectivity index (χ4n) is 1.76. The molecule has 108 valence electrons. The van der Waals surface area contributed by atoms with Crippen molar-refractivity contribution < 1.29 is 13.2 Å². The lowest BCUT2D eigenvalue weighted by molar-refractivity contribution is -0.137. The average molecular weight is 355 g/mol. The Morgan fingerprint density at radius 1 is 1.10 bits per heavy atom. The second-order valence-electron chi connectivity index (χ2n) is 4.46. The number of anilines is 2. The van der Waals surface area contributed by atoms with Gasteiger partial charge in [-0.25, -0.2) is 0 Å². The van der Waals surface area contributed by atoms with E-state index in [9.17, 15) is 13.2 Å². The van der Waals surface area contributed by atoms with Gasteiger partial charge in [-0.1, -0.05) is 6.07 Å². The summed E-state index contributed by atoms with van der Waals surface area (Å²) in [4.78, 5) is 0. The topological polar surface area (TPSA) is 35.8 Å². The number of hydrogen-bond acceptors (Lipinski definition) is 2. The van der Waals surface area contributed by atoms with Crippen molar-refractivity contribution in [1.29, 1.82) is 5.26 Å². The number of nitriles is 1. The van der Waals surface area contributed by atoms with Crippen LogP contribution in [0.25, 0.3) is 0 Å². The zero-order valence-electron chi connectivity index (χ0n) is 10.9. The maximum Gasteiger partial charge on any atom is 0.416 e. The standard InChI is InChI=1S/C15H10BrF3N2/c1-9-2-4-11(15(17,18)19)7-14(9)21-13-5-3-10(8-20)6-12(13)16/h2-7,21H,1H3. The van der Waals surface area contributed by atoms with Gasteiger partial charge in [-0.15, -0.1) is 0 Å². The predicted molar refractivity (Wildman–Crippen MR) is 78.3 cm³/mol. The van der Waals surface area contributed by atoms with Gasteiger partial charge >= 0.3 is 6.18 Å². The second-order valence-corrected chi connectivity index (χ2v) is 5.31. The van der Waals surface area contributed by atoms with E-state index in [0.717, 1.165) is 12.1 Å². The largest absolute Gasteiger partial charge is 0.416 e. The Hall–Kier alpha value is -2.00. The molecule has 1 N–H and O–H groups in total. The van der Waals surface area contributed by atoms with Crippen LogP contribution in [0.5, 0.6) is 0 Å². The molecular weight excluding hydrogens is 345 g/mol. The van der Waals surface area contributed by atoms with E-state index in [1.54, 1.807) is 25.1 Å². The number of benzene rings is 2. The SMILES string of the molecule is Cc1ccc(C(F)(F)F)cc1Nc1ccc(C#N)cc1Br. The first-order valence-corrected chi connectivity index (χ1v) is 6.75. The van der Waals surface area contributed by atoms with E-state index >= 15 is 0 Å². The van der Waals surface area contributed by atoms with E-state index in [4.69, 9.17) is 5.26 Å². The van der Waals surface area contributed by atoms with Crippen LogP contribution in [0.3, 0.4) is 0 Å². The van der Waals surface area contributed by atoms with E-state index in [-0.39, 0.29) is 0 Å². The molecule has 0 radical (unpaired) electrons. The molecule has 2 nitrogen and oxygen atoms in total. The Balaban J connectivity index is 2.38. The lowest BCUT2D eigenvalue weighted by atomic mass is 10.1. The van der Waals surface area contributed by atoms with Gasteiger partial charge in [0, 0.05) is 10.2 Å². The van der Waals surface area contributed by atoms with Crippen LogP contribution in [0.2, 0.25) is 0 Å². The molecule has 0 unspecified atom stereocenters. The number of rotatable bonds is 2. The highest BCUT2D eigenvalue weighted by molar-refractivity contribution is 9.10. The van der Waals surface area contributed by atoms with Crippen molar-refractivity contribution in [3.63, 3.8) is 0 Å². The van der Waals surface area contributed by atoms with Gasteiger partial charge in [0.25, 0.3) is 0 Å². The van der Waals surface area contributed by atoms with Crippen molar-refractivity contribution >= 4 is 27.3 Å². The molecule has 6 heteroatoms. The minimum atomic E-state index is -4.38. The van der Waals surface area contributed by atoms with Gasteiger partial charge in [-0.05, 0) is 58.7 Å². The summed E-state index contributed by atoms with van der Waals surface area (Å²) in [6.07, 6.45) is -4.38. The molecule has 2 rings (SSSR count). The molecule has 0 fully saturated rings. The molecule has 0 saturated heterocycles. The van der Waals surface area contributed by atoms with E-state index in [2.05, 4.69) is 21.2 Å². The lowest BCUT2D eigenvalue weighted by Gasteiger charge is -2.14. The van der Waals surface area contributed by atoms with Gasteiger partial charge in [-0.3, -0.25) is 0 Å². The van der Waals surface area contributed by atoms with Gasteiger partial charge in [0.05, 0.1) is 22.9 Å². The molecule has 0 saturated carbocycles. The highest BCUT2D eigenvalue weighted by Gasteiger charge is 2.30. The van der Waals surface area contributed by atoms with E-state index in [0.29, 0.717) is 27.0 Å². The average Bonchev–Trinajstić information content (AvgIpc) is 2.42. The summed E-state index contributed by atoms with van der Waals surface area (Å²) in [6, 6.07) is 10.4. The maximum absolute atomic E-state index is 12.7. The van der Waals surface area contributed by atoms with Crippen molar-refractivity contribution in [2.45, 2.75) is 13.1 Å². The van der Waals surface area contributed by atoms with E-state index in [1.165, 1.54) is 6.07 Å². The Bertz CT molecular complexity index is 718. The summed E-state index contributed by atoms with van der Waals surface area (Å²) in [7, 11) is 0. The van der Waals surface area contributed by atoms with Crippen molar-refractivity contribution in [2.75, 3.05) is 5.32 Å². The number of alkyl halides is 3. The molecule has 2 aromatic rings. The van der Waals surface area contributed by atoms with Gasteiger partial charge in [-0.2, -0.15) is 18.4 Å². The van der Waals surface area contributed by atoms with Gasteiger partial charge in [0.1, 0.15) is 0 Å². The van der Waals surface area contributed by atoms with E-state index < -0.39 is 11.7 Å². The Kier molecular flexibility index (Phi) is 4.24. The zero-order valence-corrected chi connectivity index (χ0v) is 12.5. The third-order valence-electron chi connectivity index (χ3n) is 2.93. The number of nitrogens with one attached hydrogen (secondary N) is 1. The van der Waals surface area contributed by atoms with Crippen LogP contribution in [-0.2, 0) is 6.18 Å². The lowest BCUT2D eigenvalue weighted by Crippen LogP contribution is -2.06. The molecule has 21 heavy (non-hydrogen) atoms. The summed E-state index contributed by atoms with van der Waals surface area (Å²) in [5.74, 6) is 0. The smallest absolute Gasteiger partial charge is 0.354 e. The van der Waals surface area contributed by atoms with Crippen molar-refractivity contribution in [3.05, 3.63) is 57.6 Å². The summed E-state index contributed by atoms with van der Waals surface area (Å²) in [5, 5.41) is 11.7. The van der Waals surface area contributed by atoms with Crippen LogP contribution < -0.4 is 5.32 Å². The molecule has 0 spiro atoms. The third kappa shape index (κ3) is 3.56. The van der Waals surface area contributed by atoms with Crippen LogP contribution in [0, 0.1) is 18.3 Å². The summed E-state index contributed by atoms with van der Waals surface area (Å²) in [5.41, 5.74) is 1.42. The Morgan fingerprint density at radius 3 is 2.38 bits per heavy atom. The molecule has 0 aliphatic rings. The first-order valence-electron chi connectivity index (χ1n) is 5.96.